The predicted molar refractivity (Wildman–Crippen MR) is 45.2 cm³/mol. The van der Waals surface area contributed by atoms with Gasteiger partial charge in [-0.05, 0) is 32.3 Å². The molecule has 0 aromatic carbocycles. The Hall–Kier alpha value is -0.790. The van der Waals surface area contributed by atoms with Gasteiger partial charge in [-0.1, -0.05) is 6.42 Å². The van der Waals surface area contributed by atoms with E-state index in [1.54, 1.807) is 13.0 Å². The summed E-state index contributed by atoms with van der Waals surface area (Å²) in [6.45, 7) is 2.62. The number of hydrogen-bond donors (Lipinski definition) is 1. The van der Waals surface area contributed by atoms with E-state index in [4.69, 9.17) is 0 Å². The number of carbonyl (C=O) groups excluding carboxylic acids is 1. The molecule has 11 heavy (non-hydrogen) atoms. The summed E-state index contributed by atoms with van der Waals surface area (Å²) in [6.07, 6.45) is 6.48. The van der Waals surface area contributed by atoms with Crippen LogP contribution in [0, 0.1) is 0 Å². The number of allylic oxidation sites excluding steroid dienone is 2. The van der Waals surface area contributed by atoms with Crippen LogP contribution in [-0.2, 0) is 4.79 Å². The lowest BCUT2D eigenvalue weighted by Gasteiger charge is -2.03. The third-order valence-corrected chi connectivity index (χ3v) is 1.85. The van der Waals surface area contributed by atoms with Crippen molar-refractivity contribution in [2.75, 3.05) is 6.54 Å². The molecule has 1 rings (SSSR count). The third-order valence-electron chi connectivity index (χ3n) is 1.85. The minimum absolute atomic E-state index is 0.148. The van der Waals surface area contributed by atoms with Gasteiger partial charge in [-0.3, -0.25) is 4.79 Å². The average molecular weight is 153 g/mol. The van der Waals surface area contributed by atoms with E-state index >= 15 is 0 Å². The van der Waals surface area contributed by atoms with Crippen LogP contribution in [-0.4, -0.2) is 12.3 Å². The normalized spacial score (nSPS) is 22.5. The molecule has 0 aromatic heterocycles. The van der Waals surface area contributed by atoms with Crippen LogP contribution in [0.4, 0.5) is 0 Å². The second kappa shape index (κ2) is 4.16. The molecule has 0 saturated carbocycles. The second-order valence-electron chi connectivity index (χ2n) is 3.02. The molecule has 0 radical (unpaired) electrons. The quantitative estimate of drug-likeness (QED) is 0.580. The van der Waals surface area contributed by atoms with Crippen LogP contribution in [0.1, 0.15) is 32.6 Å². The molecule has 1 aliphatic heterocycles. The highest BCUT2D eigenvalue weighted by atomic mass is 16.1. The minimum Gasteiger partial charge on any atom is -0.388 e. The van der Waals surface area contributed by atoms with Crippen LogP contribution in [0.25, 0.3) is 0 Å². The molecule has 1 saturated heterocycles. The molecule has 1 fully saturated rings. The Bertz CT molecular complexity index is 162. The molecule has 0 atom stereocenters. The van der Waals surface area contributed by atoms with Gasteiger partial charge in [-0.2, -0.15) is 0 Å². The summed E-state index contributed by atoms with van der Waals surface area (Å²) < 4.78 is 0. The maximum Gasteiger partial charge on any atom is 0.154 e. The second-order valence-corrected chi connectivity index (χ2v) is 3.02. The zero-order chi connectivity index (χ0) is 8.10. The predicted octanol–water partition coefficient (Wildman–Crippen LogP) is 1.62. The lowest BCUT2D eigenvalue weighted by atomic mass is 10.2. The molecule has 0 aliphatic carbocycles. The number of hydrogen-bond acceptors (Lipinski definition) is 2. The van der Waals surface area contributed by atoms with Crippen molar-refractivity contribution >= 4 is 5.78 Å². The van der Waals surface area contributed by atoms with Crippen molar-refractivity contribution in [2.24, 2.45) is 0 Å². The first-order valence-electron chi connectivity index (χ1n) is 4.24. The summed E-state index contributed by atoms with van der Waals surface area (Å²) in [4.78, 5) is 10.7. The van der Waals surface area contributed by atoms with Crippen molar-refractivity contribution in [1.82, 2.24) is 5.32 Å². The first-order valence-corrected chi connectivity index (χ1v) is 4.24. The molecule has 0 amide bonds. The Balaban J connectivity index is 2.48. The fraction of sp³-hybridized carbons (Fsp3) is 0.667. The van der Waals surface area contributed by atoms with E-state index in [1.165, 1.54) is 19.3 Å². The Kier molecular flexibility index (Phi) is 3.14. The molecular formula is C9H15NO. The molecule has 62 valence electrons. The highest BCUT2D eigenvalue weighted by Crippen LogP contribution is 2.10. The number of ketones is 1. The van der Waals surface area contributed by atoms with Gasteiger partial charge in [-0.15, -0.1) is 0 Å². The molecule has 0 aromatic rings. The Morgan fingerprint density at radius 3 is 3.00 bits per heavy atom. The summed E-state index contributed by atoms with van der Waals surface area (Å²) in [7, 11) is 0. The fourth-order valence-corrected chi connectivity index (χ4v) is 1.32. The van der Waals surface area contributed by atoms with Crippen LogP contribution in [0.3, 0.4) is 0 Å². The zero-order valence-electron chi connectivity index (χ0n) is 7.02. The van der Waals surface area contributed by atoms with Gasteiger partial charge in [0.2, 0.25) is 0 Å². The zero-order valence-corrected chi connectivity index (χ0v) is 7.02. The molecule has 0 spiro atoms. The van der Waals surface area contributed by atoms with E-state index in [9.17, 15) is 4.79 Å². The van der Waals surface area contributed by atoms with Crippen molar-refractivity contribution < 1.29 is 4.79 Å². The smallest absolute Gasteiger partial charge is 0.154 e. The number of rotatable bonds is 1. The molecule has 1 aliphatic rings. The van der Waals surface area contributed by atoms with E-state index in [-0.39, 0.29) is 5.78 Å². The van der Waals surface area contributed by atoms with Crippen molar-refractivity contribution in [3.8, 4) is 0 Å². The van der Waals surface area contributed by atoms with Gasteiger partial charge in [0.05, 0.1) is 0 Å². The lowest BCUT2D eigenvalue weighted by molar-refractivity contribution is -0.112. The molecule has 1 heterocycles. The van der Waals surface area contributed by atoms with Crippen LogP contribution < -0.4 is 5.32 Å². The summed E-state index contributed by atoms with van der Waals surface area (Å²) in [5.41, 5.74) is 1.12. The highest BCUT2D eigenvalue weighted by Gasteiger charge is 2.02. The van der Waals surface area contributed by atoms with Crippen LogP contribution in [0.2, 0.25) is 0 Å². The summed E-state index contributed by atoms with van der Waals surface area (Å²) >= 11 is 0. The first-order chi connectivity index (χ1) is 5.29. The molecule has 0 unspecified atom stereocenters. The Morgan fingerprint density at radius 1 is 1.45 bits per heavy atom. The van der Waals surface area contributed by atoms with Crippen molar-refractivity contribution in [3.63, 3.8) is 0 Å². The summed E-state index contributed by atoms with van der Waals surface area (Å²) in [5.74, 6) is 0.148. The van der Waals surface area contributed by atoms with Crippen molar-refractivity contribution in [1.29, 1.82) is 0 Å². The van der Waals surface area contributed by atoms with Gasteiger partial charge in [0, 0.05) is 12.2 Å². The molecule has 0 bridgehead atoms. The molecule has 2 heteroatoms. The lowest BCUT2D eigenvalue weighted by Crippen LogP contribution is -2.12. The fourth-order valence-electron chi connectivity index (χ4n) is 1.32. The largest absolute Gasteiger partial charge is 0.388 e. The standard InChI is InChI=1S/C9H15NO/c1-8(11)7-9-5-3-2-4-6-10-9/h7,10H,2-6H2,1H3. The molecule has 1 N–H and O–H groups in total. The van der Waals surface area contributed by atoms with Crippen LogP contribution >= 0.6 is 0 Å². The maximum absolute atomic E-state index is 10.7. The Labute approximate surface area is 67.7 Å². The van der Waals surface area contributed by atoms with Crippen LogP contribution in [0.15, 0.2) is 11.8 Å². The molecule has 2 nitrogen and oxygen atoms in total. The Morgan fingerprint density at radius 2 is 2.27 bits per heavy atom. The van der Waals surface area contributed by atoms with Crippen molar-refractivity contribution in [2.45, 2.75) is 32.6 Å². The monoisotopic (exact) mass is 153 g/mol. The van der Waals surface area contributed by atoms with E-state index in [1.807, 2.05) is 0 Å². The van der Waals surface area contributed by atoms with Gasteiger partial charge in [0.15, 0.2) is 5.78 Å². The van der Waals surface area contributed by atoms with E-state index < -0.39 is 0 Å². The molecular weight excluding hydrogens is 138 g/mol. The van der Waals surface area contributed by atoms with Gasteiger partial charge < -0.3 is 5.32 Å². The highest BCUT2D eigenvalue weighted by molar-refractivity contribution is 5.87. The summed E-state index contributed by atoms with van der Waals surface area (Å²) in [6, 6.07) is 0. The topological polar surface area (TPSA) is 29.1 Å². The van der Waals surface area contributed by atoms with Gasteiger partial charge in [0.1, 0.15) is 0 Å². The van der Waals surface area contributed by atoms with Crippen LogP contribution in [0.5, 0.6) is 0 Å². The van der Waals surface area contributed by atoms with E-state index in [0.717, 1.165) is 18.7 Å². The number of carbonyl (C=O) groups is 1. The summed E-state index contributed by atoms with van der Waals surface area (Å²) in [5, 5.41) is 3.25. The van der Waals surface area contributed by atoms with Crippen molar-refractivity contribution in [3.05, 3.63) is 11.8 Å². The third kappa shape index (κ3) is 3.21. The SMILES string of the molecule is CC(=O)C=C1CCCCCN1. The first kappa shape index (κ1) is 8.31. The number of nitrogens with one attached hydrogen (secondary N) is 1. The van der Waals surface area contributed by atoms with E-state index in [2.05, 4.69) is 5.32 Å². The van der Waals surface area contributed by atoms with Gasteiger partial charge in [0.25, 0.3) is 0 Å². The van der Waals surface area contributed by atoms with Gasteiger partial charge in [-0.25, -0.2) is 0 Å². The maximum atomic E-state index is 10.7. The van der Waals surface area contributed by atoms with E-state index in [0.29, 0.717) is 0 Å². The van der Waals surface area contributed by atoms with Gasteiger partial charge >= 0.3 is 0 Å². The minimum atomic E-state index is 0.148. The average Bonchev–Trinajstić information content (AvgIpc) is 2.14.